The molecule has 0 saturated heterocycles. The van der Waals surface area contributed by atoms with Gasteiger partial charge in [0.1, 0.15) is 5.69 Å². The number of amides is 1. The van der Waals surface area contributed by atoms with Crippen LogP contribution in [0.3, 0.4) is 0 Å². The van der Waals surface area contributed by atoms with Gasteiger partial charge in [0.15, 0.2) is 0 Å². The fourth-order valence-corrected chi connectivity index (χ4v) is 2.36. The molecule has 0 spiro atoms. The Kier molecular flexibility index (Phi) is 3.56. The van der Waals surface area contributed by atoms with Gasteiger partial charge in [-0.05, 0) is 37.3 Å². The van der Waals surface area contributed by atoms with Crippen LogP contribution in [-0.2, 0) is 0 Å². The lowest BCUT2D eigenvalue weighted by molar-refractivity contribution is 0.0925. The van der Waals surface area contributed by atoms with Gasteiger partial charge in [-0.25, -0.2) is 5.10 Å². The molecule has 0 bridgehead atoms. The predicted molar refractivity (Wildman–Crippen MR) is 79.0 cm³/mol. The van der Waals surface area contributed by atoms with Crippen LogP contribution >= 0.6 is 0 Å². The molecule has 0 radical (unpaired) electrons. The van der Waals surface area contributed by atoms with E-state index >= 15 is 0 Å². The summed E-state index contributed by atoms with van der Waals surface area (Å²) in [5.41, 5.74) is 2.22. The average Bonchev–Trinajstić information content (AvgIpc) is 3.31. The van der Waals surface area contributed by atoms with E-state index in [9.17, 15) is 9.59 Å². The molecule has 1 amide bonds. The number of aromatic amines is 1. The van der Waals surface area contributed by atoms with Gasteiger partial charge in [0.2, 0.25) is 0 Å². The van der Waals surface area contributed by atoms with Crippen molar-refractivity contribution < 1.29 is 4.79 Å². The van der Waals surface area contributed by atoms with Crippen molar-refractivity contribution in [2.45, 2.75) is 25.8 Å². The predicted octanol–water partition coefficient (Wildman–Crippen LogP) is 1.96. The Morgan fingerprint density at radius 1 is 1.24 bits per heavy atom. The van der Waals surface area contributed by atoms with E-state index in [1.165, 1.54) is 17.7 Å². The van der Waals surface area contributed by atoms with E-state index in [0.717, 1.165) is 18.4 Å². The summed E-state index contributed by atoms with van der Waals surface area (Å²) in [5, 5.41) is 9.08. The summed E-state index contributed by atoms with van der Waals surface area (Å²) in [4.78, 5) is 23.2. The molecule has 5 heteroatoms. The maximum atomic E-state index is 12.2. The van der Waals surface area contributed by atoms with Crippen LogP contribution in [0.5, 0.6) is 0 Å². The van der Waals surface area contributed by atoms with Crippen molar-refractivity contribution in [3.8, 4) is 0 Å². The smallest absolute Gasteiger partial charge is 0.272 e. The van der Waals surface area contributed by atoms with E-state index < -0.39 is 0 Å². The molecule has 1 aliphatic rings. The summed E-state index contributed by atoms with van der Waals surface area (Å²) in [5.74, 6) is 0.225. The second-order valence-corrected chi connectivity index (χ2v) is 5.51. The van der Waals surface area contributed by atoms with Crippen LogP contribution in [0.1, 0.15) is 40.5 Å². The standard InChI is InChI=1S/C16H17N3O2/c1-10-2-4-11(5-3-10)15(12-6-7-12)17-16(21)13-8-9-14(20)19-18-13/h2-5,8-9,12,15H,6-7H2,1H3,(H,17,21)(H,19,20). The fraction of sp³-hybridized carbons (Fsp3) is 0.312. The Hall–Kier alpha value is -2.43. The Bertz CT molecular complexity index is 682. The molecule has 1 fully saturated rings. The number of aryl methyl sites for hydroxylation is 1. The molecule has 108 valence electrons. The second-order valence-electron chi connectivity index (χ2n) is 5.51. The van der Waals surface area contributed by atoms with E-state index in [4.69, 9.17) is 0 Å². The summed E-state index contributed by atoms with van der Waals surface area (Å²) >= 11 is 0. The third-order valence-corrected chi connectivity index (χ3v) is 3.73. The summed E-state index contributed by atoms with van der Waals surface area (Å²) in [6.07, 6.45) is 2.25. The van der Waals surface area contributed by atoms with Crippen LogP contribution in [0.25, 0.3) is 0 Å². The first-order valence-corrected chi connectivity index (χ1v) is 7.06. The first-order valence-electron chi connectivity index (χ1n) is 7.06. The highest BCUT2D eigenvalue weighted by Crippen LogP contribution is 2.41. The van der Waals surface area contributed by atoms with Crippen molar-refractivity contribution in [1.29, 1.82) is 0 Å². The van der Waals surface area contributed by atoms with Crippen molar-refractivity contribution in [2.75, 3.05) is 0 Å². The molecule has 1 aliphatic carbocycles. The Balaban J connectivity index is 1.79. The van der Waals surface area contributed by atoms with Gasteiger partial charge in [0, 0.05) is 6.07 Å². The van der Waals surface area contributed by atoms with Gasteiger partial charge in [-0.1, -0.05) is 29.8 Å². The minimum atomic E-state index is -0.316. The summed E-state index contributed by atoms with van der Waals surface area (Å²) in [7, 11) is 0. The minimum Gasteiger partial charge on any atom is -0.344 e. The van der Waals surface area contributed by atoms with Gasteiger partial charge < -0.3 is 5.32 Å². The number of hydrogen-bond donors (Lipinski definition) is 2. The summed E-state index contributed by atoms with van der Waals surface area (Å²) in [6, 6.07) is 11.0. The van der Waals surface area contributed by atoms with E-state index in [1.807, 2.05) is 6.92 Å². The van der Waals surface area contributed by atoms with Gasteiger partial charge in [0.05, 0.1) is 6.04 Å². The largest absolute Gasteiger partial charge is 0.344 e. The third kappa shape index (κ3) is 3.18. The topological polar surface area (TPSA) is 74.8 Å². The highest BCUT2D eigenvalue weighted by atomic mass is 16.2. The SMILES string of the molecule is Cc1ccc(C(NC(=O)c2ccc(=O)[nH]n2)C2CC2)cc1. The van der Waals surface area contributed by atoms with Crippen molar-refractivity contribution in [1.82, 2.24) is 15.5 Å². The number of aromatic nitrogens is 2. The fourth-order valence-electron chi connectivity index (χ4n) is 2.36. The lowest BCUT2D eigenvalue weighted by atomic mass is 10.0. The molecular weight excluding hydrogens is 266 g/mol. The number of hydrogen-bond acceptors (Lipinski definition) is 3. The lowest BCUT2D eigenvalue weighted by Crippen LogP contribution is -2.31. The molecule has 1 unspecified atom stereocenters. The highest BCUT2D eigenvalue weighted by Gasteiger charge is 2.33. The number of carbonyl (C=O) groups is 1. The second kappa shape index (κ2) is 5.52. The Labute approximate surface area is 122 Å². The first kappa shape index (κ1) is 13.5. The van der Waals surface area contributed by atoms with Crippen LogP contribution in [0.4, 0.5) is 0 Å². The molecule has 2 aromatic rings. The maximum Gasteiger partial charge on any atom is 0.272 e. The molecule has 1 heterocycles. The van der Waals surface area contributed by atoms with E-state index in [2.05, 4.69) is 39.8 Å². The van der Waals surface area contributed by atoms with Gasteiger partial charge in [-0.3, -0.25) is 9.59 Å². The molecule has 1 saturated carbocycles. The first-order chi connectivity index (χ1) is 10.1. The number of nitrogens with one attached hydrogen (secondary N) is 2. The number of nitrogens with zero attached hydrogens (tertiary/aromatic N) is 1. The van der Waals surface area contributed by atoms with Gasteiger partial charge in [0.25, 0.3) is 11.5 Å². The molecule has 3 rings (SSSR count). The molecule has 1 aromatic carbocycles. The van der Waals surface area contributed by atoms with Crippen molar-refractivity contribution in [3.05, 3.63) is 63.6 Å². The summed E-state index contributed by atoms with van der Waals surface area (Å²) in [6.45, 7) is 2.04. The van der Waals surface area contributed by atoms with Crippen LogP contribution in [0.15, 0.2) is 41.2 Å². The molecule has 2 N–H and O–H groups in total. The molecule has 0 aliphatic heterocycles. The zero-order valence-corrected chi connectivity index (χ0v) is 11.8. The van der Waals surface area contributed by atoms with Crippen LogP contribution in [0.2, 0.25) is 0 Å². The van der Waals surface area contributed by atoms with Gasteiger partial charge in [-0.15, -0.1) is 0 Å². The monoisotopic (exact) mass is 283 g/mol. The van der Waals surface area contributed by atoms with E-state index in [-0.39, 0.29) is 23.2 Å². The minimum absolute atomic E-state index is 0.00632. The summed E-state index contributed by atoms with van der Waals surface area (Å²) < 4.78 is 0. The quantitative estimate of drug-likeness (QED) is 0.900. The van der Waals surface area contributed by atoms with Crippen LogP contribution < -0.4 is 10.9 Å². The van der Waals surface area contributed by atoms with Crippen LogP contribution in [0, 0.1) is 12.8 Å². The van der Waals surface area contributed by atoms with Gasteiger partial charge in [-0.2, -0.15) is 5.10 Å². The average molecular weight is 283 g/mol. The Morgan fingerprint density at radius 3 is 2.52 bits per heavy atom. The van der Waals surface area contributed by atoms with E-state index in [1.54, 1.807) is 0 Å². The van der Waals surface area contributed by atoms with E-state index in [0.29, 0.717) is 5.92 Å². The van der Waals surface area contributed by atoms with Crippen LogP contribution in [-0.4, -0.2) is 16.1 Å². The molecule has 1 aromatic heterocycles. The number of rotatable bonds is 4. The number of H-pyrrole nitrogens is 1. The number of benzene rings is 1. The zero-order chi connectivity index (χ0) is 14.8. The maximum absolute atomic E-state index is 12.2. The van der Waals surface area contributed by atoms with Crippen molar-refractivity contribution in [2.24, 2.45) is 5.92 Å². The zero-order valence-electron chi connectivity index (χ0n) is 11.8. The lowest BCUT2D eigenvalue weighted by Gasteiger charge is -2.18. The number of carbonyl (C=O) groups excluding carboxylic acids is 1. The molecule has 1 atom stereocenters. The molecule has 21 heavy (non-hydrogen) atoms. The highest BCUT2D eigenvalue weighted by molar-refractivity contribution is 5.92. The molecule has 5 nitrogen and oxygen atoms in total. The third-order valence-electron chi connectivity index (χ3n) is 3.73. The molecular formula is C16H17N3O2. The van der Waals surface area contributed by atoms with Gasteiger partial charge >= 0.3 is 0 Å². The normalized spacial score (nSPS) is 15.5. The Morgan fingerprint density at radius 2 is 1.95 bits per heavy atom. The van der Waals surface area contributed by atoms with Crippen molar-refractivity contribution >= 4 is 5.91 Å². The van der Waals surface area contributed by atoms with Crippen molar-refractivity contribution in [3.63, 3.8) is 0 Å².